The highest BCUT2D eigenvalue weighted by molar-refractivity contribution is 6.37. The number of phenols is 1. The van der Waals surface area contributed by atoms with Gasteiger partial charge in [-0.3, -0.25) is 0 Å². The van der Waals surface area contributed by atoms with Crippen LogP contribution in [0.5, 0.6) is 5.75 Å². The van der Waals surface area contributed by atoms with Crippen molar-refractivity contribution in [2.45, 2.75) is 38.0 Å². The van der Waals surface area contributed by atoms with E-state index in [1.807, 2.05) is 0 Å². The van der Waals surface area contributed by atoms with Crippen LogP contribution in [0.1, 0.15) is 43.6 Å². The van der Waals surface area contributed by atoms with Gasteiger partial charge >= 0.3 is 0 Å². The second kappa shape index (κ2) is 4.72. The summed E-state index contributed by atoms with van der Waals surface area (Å²) in [4.78, 5) is 0. The van der Waals surface area contributed by atoms with Crippen LogP contribution >= 0.6 is 23.2 Å². The molecule has 2 rings (SSSR count). The molecule has 0 aromatic heterocycles. The molecule has 2 nitrogen and oxygen atoms in total. The number of benzene rings is 1. The largest absolute Gasteiger partial charge is 0.504 e. The molecule has 0 aliphatic heterocycles. The number of aromatic hydroxyl groups is 1. The number of halogens is 2. The maximum absolute atomic E-state index is 9.73. The molecule has 16 heavy (non-hydrogen) atoms. The highest BCUT2D eigenvalue weighted by atomic mass is 35.5. The van der Waals surface area contributed by atoms with E-state index in [1.54, 1.807) is 6.07 Å². The van der Waals surface area contributed by atoms with Crippen molar-refractivity contribution in [3.05, 3.63) is 21.7 Å². The Balaban J connectivity index is 2.42. The van der Waals surface area contributed by atoms with Crippen LogP contribution < -0.4 is 5.73 Å². The van der Waals surface area contributed by atoms with Gasteiger partial charge in [-0.2, -0.15) is 0 Å². The van der Waals surface area contributed by atoms with Crippen LogP contribution in [0.15, 0.2) is 6.07 Å². The Bertz CT molecular complexity index is 400. The van der Waals surface area contributed by atoms with Crippen molar-refractivity contribution in [1.82, 2.24) is 0 Å². The first-order valence-corrected chi connectivity index (χ1v) is 6.33. The smallest absolute Gasteiger partial charge is 0.157 e. The number of phenolic OH excluding ortho intramolecular Hbond substituents is 1. The summed E-state index contributed by atoms with van der Waals surface area (Å²) in [6, 6.07) is 1.59. The number of hydrogen-bond acceptors (Lipinski definition) is 2. The summed E-state index contributed by atoms with van der Waals surface area (Å²) in [6.07, 6.45) is 5.84. The maximum atomic E-state index is 9.73. The highest BCUT2D eigenvalue weighted by Gasteiger charge is 2.23. The first-order valence-electron chi connectivity index (χ1n) is 5.57. The molecule has 0 atom stereocenters. The van der Waals surface area contributed by atoms with Gasteiger partial charge < -0.3 is 10.8 Å². The van der Waals surface area contributed by atoms with Gasteiger partial charge in [0.1, 0.15) is 0 Å². The third-order valence-electron chi connectivity index (χ3n) is 3.27. The zero-order valence-electron chi connectivity index (χ0n) is 8.97. The van der Waals surface area contributed by atoms with Gasteiger partial charge in [-0.15, -0.1) is 0 Å². The van der Waals surface area contributed by atoms with Crippen molar-refractivity contribution in [1.29, 1.82) is 0 Å². The fraction of sp³-hybridized carbons (Fsp3) is 0.500. The van der Waals surface area contributed by atoms with Crippen LogP contribution in [0.25, 0.3) is 0 Å². The molecule has 1 fully saturated rings. The van der Waals surface area contributed by atoms with Crippen molar-refractivity contribution in [3.63, 3.8) is 0 Å². The van der Waals surface area contributed by atoms with Crippen LogP contribution in [-0.4, -0.2) is 5.11 Å². The van der Waals surface area contributed by atoms with Gasteiger partial charge in [0.2, 0.25) is 0 Å². The van der Waals surface area contributed by atoms with E-state index >= 15 is 0 Å². The van der Waals surface area contributed by atoms with E-state index in [4.69, 9.17) is 28.9 Å². The molecule has 88 valence electrons. The molecule has 0 radical (unpaired) electrons. The van der Waals surface area contributed by atoms with Crippen LogP contribution in [0.3, 0.4) is 0 Å². The van der Waals surface area contributed by atoms with Crippen molar-refractivity contribution < 1.29 is 5.11 Å². The Labute approximate surface area is 105 Å². The molecule has 1 aromatic rings. The fourth-order valence-electron chi connectivity index (χ4n) is 2.41. The van der Waals surface area contributed by atoms with E-state index in [0.29, 0.717) is 16.0 Å². The molecule has 1 aliphatic rings. The van der Waals surface area contributed by atoms with Gasteiger partial charge in [-0.25, -0.2) is 0 Å². The quantitative estimate of drug-likeness (QED) is 0.583. The lowest BCUT2D eigenvalue weighted by atomic mass is 9.84. The molecular weight excluding hydrogens is 245 g/mol. The zero-order chi connectivity index (χ0) is 11.7. The average Bonchev–Trinajstić information content (AvgIpc) is 2.28. The summed E-state index contributed by atoms with van der Waals surface area (Å²) < 4.78 is 0. The lowest BCUT2D eigenvalue weighted by Crippen LogP contribution is -2.06. The third-order valence-corrected chi connectivity index (χ3v) is 3.97. The molecule has 4 heteroatoms. The van der Waals surface area contributed by atoms with E-state index < -0.39 is 0 Å². The molecule has 0 spiro atoms. The average molecular weight is 260 g/mol. The highest BCUT2D eigenvalue weighted by Crippen LogP contribution is 2.45. The summed E-state index contributed by atoms with van der Waals surface area (Å²) in [5, 5.41) is 10.6. The number of rotatable bonds is 1. The Kier molecular flexibility index (Phi) is 3.50. The molecule has 0 unspecified atom stereocenters. The molecule has 1 saturated carbocycles. The Morgan fingerprint density at radius 1 is 1.19 bits per heavy atom. The Morgan fingerprint density at radius 3 is 2.44 bits per heavy atom. The molecule has 0 amide bonds. The zero-order valence-corrected chi connectivity index (χ0v) is 10.5. The second-order valence-electron chi connectivity index (χ2n) is 4.36. The van der Waals surface area contributed by atoms with Crippen LogP contribution in [-0.2, 0) is 0 Å². The van der Waals surface area contributed by atoms with Gasteiger partial charge in [0.15, 0.2) is 5.75 Å². The number of nitrogen functional groups attached to an aromatic ring is 1. The lowest BCUT2D eigenvalue weighted by Gasteiger charge is -2.24. The first kappa shape index (κ1) is 11.9. The Hall–Kier alpha value is -0.600. The fourth-order valence-corrected chi connectivity index (χ4v) is 3.19. The maximum Gasteiger partial charge on any atom is 0.157 e. The molecule has 1 aromatic carbocycles. The predicted octanol–water partition coefficient (Wildman–Crippen LogP) is 4.33. The van der Waals surface area contributed by atoms with E-state index in [1.165, 1.54) is 19.3 Å². The number of hydrogen-bond donors (Lipinski definition) is 2. The standard InChI is InChI=1S/C12H15Cl2NO/c13-8-6-9(15)12(16)11(14)10(8)7-4-2-1-3-5-7/h6-7,16H,1-5,15H2. The van der Waals surface area contributed by atoms with E-state index in [0.717, 1.165) is 18.4 Å². The van der Waals surface area contributed by atoms with E-state index in [-0.39, 0.29) is 11.4 Å². The molecule has 0 bridgehead atoms. The topological polar surface area (TPSA) is 46.2 Å². The summed E-state index contributed by atoms with van der Waals surface area (Å²) in [6.45, 7) is 0. The number of anilines is 1. The van der Waals surface area contributed by atoms with Crippen molar-refractivity contribution in [3.8, 4) is 5.75 Å². The minimum atomic E-state index is -0.0355. The minimum Gasteiger partial charge on any atom is -0.504 e. The van der Waals surface area contributed by atoms with Crippen LogP contribution in [0.4, 0.5) is 5.69 Å². The summed E-state index contributed by atoms with van der Waals surface area (Å²) in [5.41, 5.74) is 6.72. The van der Waals surface area contributed by atoms with Crippen molar-refractivity contribution in [2.75, 3.05) is 5.73 Å². The summed E-state index contributed by atoms with van der Waals surface area (Å²) in [7, 11) is 0. The van der Waals surface area contributed by atoms with E-state index in [9.17, 15) is 5.11 Å². The van der Waals surface area contributed by atoms with Gasteiger partial charge in [0, 0.05) is 5.02 Å². The predicted molar refractivity (Wildman–Crippen MR) is 68.4 cm³/mol. The molecule has 0 heterocycles. The van der Waals surface area contributed by atoms with Crippen molar-refractivity contribution in [2.24, 2.45) is 0 Å². The molecule has 3 N–H and O–H groups in total. The van der Waals surface area contributed by atoms with Gasteiger partial charge in [0.25, 0.3) is 0 Å². The SMILES string of the molecule is Nc1cc(Cl)c(C2CCCCC2)c(Cl)c1O. The lowest BCUT2D eigenvalue weighted by molar-refractivity contribution is 0.439. The van der Waals surface area contributed by atoms with Crippen LogP contribution in [0.2, 0.25) is 10.0 Å². The summed E-state index contributed by atoms with van der Waals surface area (Å²) >= 11 is 12.3. The van der Waals surface area contributed by atoms with E-state index in [2.05, 4.69) is 0 Å². The first-order chi connectivity index (χ1) is 7.61. The third kappa shape index (κ3) is 2.09. The van der Waals surface area contributed by atoms with Gasteiger partial charge in [-0.05, 0) is 30.4 Å². The minimum absolute atomic E-state index is 0.0355. The molecule has 0 saturated heterocycles. The monoisotopic (exact) mass is 259 g/mol. The molecular formula is C12H15Cl2NO. The normalized spacial score (nSPS) is 17.6. The van der Waals surface area contributed by atoms with Crippen molar-refractivity contribution >= 4 is 28.9 Å². The Morgan fingerprint density at radius 2 is 1.81 bits per heavy atom. The van der Waals surface area contributed by atoms with Gasteiger partial charge in [0.05, 0.1) is 10.7 Å². The number of nitrogens with two attached hydrogens (primary N) is 1. The van der Waals surface area contributed by atoms with Gasteiger partial charge in [-0.1, -0.05) is 42.5 Å². The van der Waals surface area contributed by atoms with Crippen LogP contribution in [0, 0.1) is 0 Å². The second-order valence-corrected chi connectivity index (χ2v) is 5.14. The summed E-state index contributed by atoms with van der Waals surface area (Å²) in [5.74, 6) is 0.326. The molecule has 1 aliphatic carbocycles.